The lowest BCUT2D eigenvalue weighted by atomic mass is 9.65. The van der Waals surface area contributed by atoms with E-state index in [0.717, 1.165) is 29.2 Å². The average Bonchev–Trinajstić information content (AvgIpc) is 2.42. The van der Waals surface area contributed by atoms with Crippen molar-refractivity contribution in [2.45, 2.75) is 25.7 Å². The highest BCUT2D eigenvalue weighted by atomic mass is 16.1. The van der Waals surface area contributed by atoms with E-state index in [2.05, 4.69) is 4.98 Å². The van der Waals surface area contributed by atoms with E-state index in [1.54, 1.807) is 12.4 Å². The zero-order valence-corrected chi connectivity index (χ0v) is 10.9. The summed E-state index contributed by atoms with van der Waals surface area (Å²) in [5.74, 6) is 0.175. The molecule has 1 aromatic carbocycles. The lowest BCUT2D eigenvalue weighted by Gasteiger charge is -2.40. The van der Waals surface area contributed by atoms with Crippen LogP contribution in [0.5, 0.6) is 0 Å². The highest BCUT2D eigenvalue weighted by molar-refractivity contribution is 6.07. The molecule has 0 amide bonds. The Morgan fingerprint density at radius 2 is 2.05 bits per heavy atom. The number of carbonyl (C=O) groups excluding carboxylic acids is 1. The summed E-state index contributed by atoms with van der Waals surface area (Å²) >= 11 is 0. The summed E-state index contributed by atoms with van der Waals surface area (Å²) in [6.45, 7) is 0.608. The summed E-state index contributed by atoms with van der Waals surface area (Å²) in [4.78, 5) is 16.7. The number of carbonyl (C=O) groups is 1. The Hall–Kier alpha value is -1.74. The van der Waals surface area contributed by atoms with Crippen LogP contribution < -0.4 is 5.73 Å². The van der Waals surface area contributed by atoms with Crippen molar-refractivity contribution in [1.29, 1.82) is 0 Å². The fraction of sp³-hybridized carbons (Fsp3) is 0.375. The highest BCUT2D eigenvalue weighted by Crippen LogP contribution is 2.43. The van der Waals surface area contributed by atoms with Crippen LogP contribution in [-0.4, -0.2) is 17.3 Å². The molecule has 0 unspecified atom stereocenters. The summed E-state index contributed by atoms with van der Waals surface area (Å²) in [5, 5.41) is 2.01. The maximum atomic E-state index is 12.5. The van der Waals surface area contributed by atoms with Crippen LogP contribution in [0.2, 0.25) is 0 Å². The molecule has 3 heteroatoms. The van der Waals surface area contributed by atoms with Crippen molar-refractivity contribution >= 4 is 16.6 Å². The van der Waals surface area contributed by atoms with E-state index in [-0.39, 0.29) is 11.2 Å². The van der Waals surface area contributed by atoms with Gasteiger partial charge < -0.3 is 5.73 Å². The van der Waals surface area contributed by atoms with Crippen molar-refractivity contribution in [1.82, 2.24) is 4.98 Å². The topological polar surface area (TPSA) is 56.0 Å². The van der Waals surface area contributed by atoms with E-state index in [0.29, 0.717) is 13.0 Å². The predicted molar refractivity (Wildman–Crippen MR) is 76.0 cm³/mol. The molecule has 0 aliphatic heterocycles. The second-order valence-electron chi connectivity index (χ2n) is 5.57. The lowest BCUT2D eigenvalue weighted by Crippen LogP contribution is -2.39. The number of aromatic nitrogens is 1. The highest BCUT2D eigenvalue weighted by Gasteiger charge is 2.37. The number of nitrogens with zero attached hydrogens (tertiary/aromatic N) is 1. The Bertz CT molecular complexity index is 606. The Kier molecular flexibility index (Phi) is 3.07. The number of ketones is 1. The van der Waals surface area contributed by atoms with Crippen LogP contribution in [-0.2, 0) is 0 Å². The fourth-order valence-electron chi connectivity index (χ4n) is 2.90. The van der Waals surface area contributed by atoms with Crippen molar-refractivity contribution in [2.24, 2.45) is 11.1 Å². The first-order valence-electron chi connectivity index (χ1n) is 6.80. The molecular weight excluding hydrogens is 236 g/mol. The maximum absolute atomic E-state index is 12.5. The minimum Gasteiger partial charge on any atom is -0.330 e. The summed E-state index contributed by atoms with van der Waals surface area (Å²) in [5.41, 5.74) is 6.62. The fourth-order valence-corrected chi connectivity index (χ4v) is 2.90. The maximum Gasteiger partial charge on any atom is 0.165 e. The Labute approximate surface area is 112 Å². The Morgan fingerprint density at radius 3 is 2.74 bits per heavy atom. The molecule has 0 radical (unpaired) electrons. The SMILES string of the molecule is NCC1(CC(=O)c2cncc3ccccc23)CCC1. The second kappa shape index (κ2) is 4.74. The van der Waals surface area contributed by atoms with E-state index >= 15 is 0 Å². The molecule has 0 bridgehead atoms. The molecule has 1 aliphatic rings. The van der Waals surface area contributed by atoms with Gasteiger partial charge in [0.25, 0.3) is 0 Å². The van der Waals surface area contributed by atoms with E-state index in [4.69, 9.17) is 5.73 Å². The van der Waals surface area contributed by atoms with Crippen LogP contribution in [0, 0.1) is 5.41 Å². The van der Waals surface area contributed by atoms with Gasteiger partial charge in [-0.2, -0.15) is 0 Å². The first-order chi connectivity index (χ1) is 9.24. The molecule has 2 N–H and O–H groups in total. The van der Waals surface area contributed by atoms with Crippen molar-refractivity contribution in [2.75, 3.05) is 6.54 Å². The average molecular weight is 254 g/mol. The molecule has 1 fully saturated rings. The second-order valence-corrected chi connectivity index (χ2v) is 5.57. The largest absolute Gasteiger partial charge is 0.330 e. The summed E-state index contributed by atoms with van der Waals surface area (Å²) in [6.07, 6.45) is 7.39. The molecule has 1 heterocycles. The van der Waals surface area contributed by atoms with Crippen LogP contribution >= 0.6 is 0 Å². The van der Waals surface area contributed by atoms with Gasteiger partial charge >= 0.3 is 0 Å². The minimum absolute atomic E-state index is 0.0496. The van der Waals surface area contributed by atoms with Gasteiger partial charge in [-0.05, 0) is 30.2 Å². The van der Waals surface area contributed by atoms with E-state index in [1.165, 1.54) is 6.42 Å². The van der Waals surface area contributed by atoms with Crippen LogP contribution in [0.15, 0.2) is 36.7 Å². The molecule has 3 rings (SSSR count). The van der Waals surface area contributed by atoms with Crippen LogP contribution in [0.1, 0.15) is 36.0 Å². The first-order valence-corrected chi connectivity index (χ1v) is 6.80. The van der Waals surface area contributed by atoms with E-state index in [1.807, 2.05) is 24.3 Å². The van der Waals surface area contributed by atoms with E-state index < -0.39 is 0 Å². The monoisotopic (exact) mass is 254 g/mol. The van der Waals surface area contributed by atoms with Gasteiger partial charge in [-0.25, -0.2) is 0 Å². The van der Waals surface area contributed by atoms with Crippen LogP contribution in [0.25, 0.3) is 10.8 Å². The molecule has 1 aromatic heterocycles. The summed E-state index contributed by atoms with van der Waals surface area (Å²) in [6, 6.07) is 7.90. The molecule has 1 saturated carbocycles. The van der Waals surface area contributed by atoms with Crippen LogP contribution in [0.3, 0.4) is 0 Å². The standard InChI is InChI=1S/C16H18N2O/c17-11-16(6-3-7-16)8-15(19)14-10-18-9-12-4-1-2-5-13(12)14/h1-2,4-5,9-10H,3,6-8,11,17H2. The Morgan fingerprint density at radius 1 is 1.26 bits per heavy atom. The van der Waals surface area contributed by atoms with Gasteiger partial charge in [-0.15, -0.1) is 0 Å². The number of fused-ring (bicyclic) bond motifs is 1. The van der Waals surface area contributed by atoms with Gasteiger partial charge in [-0.3, -0.25) is 9.78 Å². The third-order valence-electron chi connectivity index (χ3n) is 4.35. The number of rotatable bonds is 4. The van der Waals surface area contributed by atoms with E-state index in [9.17, 15) is 4.79 Å². The minimum atomic E-state index is 0.0496. The Balaban J connectivity index is 1.93. The molecular formula is C16H18N2O. The molecule has 98 valence electrons. The number of nitrogens with two attached hydrogens (primary N) is 1. The van der Waals surface area contributed by atoms with Gasteiger partial charge in [0.05, 0.1) is 0 Å². The zero-order chi connectivity index (χ0) is 13.3. The summed E-state index contributed by atoms with van der Waals surface area (Å²) in [7, 11) is 0. The van der Waals surface area contributed by atoms with Gasteiger partial charge in [0, 0.05) is 29.8 Å². The molecule has 0 atom stereocenters. The predicted octanol–water partition coefficient (Wildman–Crippen LogP) is 2.94. The quantitative estimate of drug-likeness (QED) is 0.853. The number of benzene rings is 1. The normalized spacial score (nSPS) is 17.1. The van der Waals surface area contributed by atoms with Crippen molar-refractivity contribution in [3.8, 4) is 0 Å². The molecule has 1 aliphatic carbocycles. The number of Topliss-reactive ketones (excluding diaryl/α,β-unsaturated/α-hetero) is 1. The third kappa shape index (κ3) is 2.15. The van der Waals surface area contributed by atoms with Crippen molar-refractivity contribution in [3.05, 3.63) is 42.2 Å². The van der Waals surface area contributed by atoms with Gasteiger partial charge in [-0.1, -0.05) is 30.7 Å². The van der Waals surface area contributed by atoms with Gasteiger partial charge in [0.2, 0.25) is 0 Å². The third-order valence-corrected chi connectivity index (χ3v) is 4.35. The smallest absolute Gasteiger partial charge is 0.165 e. The molecule has 0 saturated heterocycles. The van der Waals surface area contributed by atoms with Crippen LogP contribution in [0.4, 0.5) is 0 Å². The van der Waals surface area contributed by atoms with Gasteiger partial charge in [0.1, 0.15) is 0 Å². The zero-order valence-electron chi connectivity index (χ0n) is 10.9. The molecule has 2 aromatic rings. The number of pyridine rings is 1. The number of hydrogen-bond donors (Lipinski definition) is 1. The van der Waals surface area contributed by atoms with Gasteiger partial charge in [0.15, 0.2) is 5.78 Å². The molecule has 19 heavy (non-hydrogen) atoms. The first kappa shape index (κ1) is 12.3. The van der Waals surface area contributed by atoms with Crippen molar-refractivity contribution < 1.29 is 4.79 Å². The molecule has 3 nitrogen and oxygen atoms in total. The lowest BCUT2D eigenvalue weighted by molar-refractivity contribution is 0.0787. The number of hydrogen-bond acceptors (Lipinski definition) is 3. The van der Waals surface area contributed by atoms with Crippen molar-refractivity contribution in [3.63, 3.8) is 0 Å². The molecule has 0 spiro atoms. The summed E-state index contributed by atoms with van der Waals surface area (Å²) < 4.78 is 0.